The number of amides is 1. The number of rotatable bonds is 8. The first kappa shape index (κ1) is 37.3. The van der Waals surface area contributed by atoms with Gasteiger partial charge in [0.25, 0.3) is 0 Å². The Labute approximate surface area is 252 Å². The molecule has 236 valence electrons. The number of carbonyl (C=O) groups excluding carboxylic acids is 2. The third-order valence-corrected chi connectivity index (χ3v) is 6.74. The minimum absolute atomic E-state index is 0. The largest absolute Gasteiger partial charge is 0.363 e. The van der Waals surface area contributed by atoms with E-state index in [-0.39, 0.29) is 60.7 Å². The van der Waals surface area contributed by atoms with Gasteiger partial charge in [0.2, 0.25) is 17.8 Å². The van der Waals surface area contributed by atoms with Crippen LogP contribution < -0.4 is 40.1 Å². The van der Waals surface area contributed by atoms with Gasteiger partial charge < -0.3 is 44.7 Å². The van der Waals surface area contributed by atoms with Gasteiger partial charge in [0.1, 0.15) is 12.1 Å². The van der Waals surface area contributed by atoms with Crippen molar-refractivity contribution in [2.75, 3.05) is 28.6 Å². The van der Waals surface area contributed by atoms with Crippen LogP contribution in [0.25, 0.3) is 0 Å². The summed E-state index contributed by atoms with van der Waals surface area (Å²) >= 11 is 0. The molecule has 2 aliphatic rings. The number of hydrogen-bond donors (Lipinski definition) is 6. The quantitative estimate of drug-likeness (QED) is 0.113. The Hall–Kier alpha value is -3.69. The Kier molecular flexibility index (Phi) is 16.3. The number of aromatic nitrogens is 4. The SMILES string of the molecule is Cl.N.N.N.N.O=C(CC(=O)c1ccc(Nc2nc(C3CCCCC3)nc(N3CCCCC3)n2)cc1)Nc1ccon1.[HH].[HH].[HH].[HH]. The number of anilines is 4. The molecule has 1 saturated heterocycles. The summed E-state index contributed by atoms with van der Waals surface area (Å²) in [6.45, 7) is 1.93. The highest BCUT2D eigenvalue weighted by atomic mass is 35.5. The maximum absolute atomic E-state index is 12.5. The Morgan fingerprint density at radius 3 is 2.17 bits per heavy atom. The topological polar surface area (TPSA) is 266 Å². The first-order chi connectivity index (χ1) is 17.6. The van der Waals surface area contributed by atoms with Gasteiger partial charge in [0.05, 0.1) is 6.42 Å². The monoisotopic (exact) mass is 601 g/mol. The van der Waals surface area contributed by atoms with Crippen molar-refractivity contribution in [3.05, 3.63) is 48.0 Å². The van der Waals surface area contributed by atoms with E-state index < -0.39 is 5.91 Å². The van der Waals surface area contributed by atoms with E-state index in [0.717, 1.165) is 56.2 Å². The third-order valence-electron chi connectivity index (χ3n) is 6.74. The van der Waals surface area contributed by atoms with Crippen molar-refractivity contribution in [1.29, 1.82) is 0 Å². The van der Waals surface area contributed by atoms with Gasteiger partial charge in [0.15, 0.2) is 11.6 Å². The smallest absolute Gasteiger partial charge is 0.233 e. The molecular weight excluding hydrogens is 550 g/mol. The first-order valence-electron chi connectivity index (χ1n) is 12.8. The minimum Gasteiger partial charge on any atom is -0.363 e. The summed E-state index contributed by atoms with van der Waals surface area (Å²) in [6.07, 6.45) is 10.6. The lowest BCUT2D eigenvalue weighted by Gasteiger charge is -2.28. The number of halogens is 1. The van der Waals surface area contributed by atoms with Crippen LogP contribution in [0.15, 0.2) is 41.1 Å². The normalized spacial score (nSPS) is 14.5. The number of ketones is 1. The lowest BCUT2D eigenvalue weighted by Crippen LogP contribution is -2.31. The highest BCUT2D eigenvalue weighted by molar-refractivity contribution is 6.10. The van der Waals surface area contributed by atoms with Crippen molar-refractivity contribution < 1.29 is 19.8 Å². The second kappa shape index (κ2) is 17.9. The predicted octanol–water partition coefficient (Wildman–Crippen LogP) is 6.91. The Bertz CT molecular complexity index is 1170. The average Bonchev–Trinajstić information content (AvgIpc) is 3.43. The van der Waals surface area contributed by atoms with Crippen LogP contribution in [-0.4, -0.2) is 44.9 Å². The molecule has 15 heteroatoms. The Morgan fingerprint density at radius 2 is 1.54 bits per heavy atom. The molecule has 0 radical (unpaired) electrons. The molecular formula is C26H52ClN11O3. The molecule has 14 nitrogen and oxygen atoms in total. The van der Waals surface area contributed by atoms with E-state index in [2.05, 4.69) is 25.2 Å². The summed E-state index contributed by atoms with van der Waals surface area (Å²) in [5.74, 6) is 2.07. The summed E-state index contributed by atoms with van der Waals surface area (Å²) in [4.78, 5) is 41.3. The Morgan fingerprint density at radius 1 is 0.878 bits per heavy atom. The van der Waals surface area contributed by atoms with Crippen LogP contribution in [0.5, 0.6) is 0 Å². The summed E-state index contributed by atoms with van der Waals surface area (Å²) in [6, 6.07) is 8.51. The number of benzene rings is 1. The molecule has 1 aromatic carbocycles. The zero-order valence-corrected chi connectivity index (χ0v) is 24.3. The molecule has 0 atom stereocenters. The molecule has 0 bridgehead atoms. The summed E-state index contributed by atoms with van der Waals surface area (Å²) in [5, 5.41) is 9.44. The predicted molar refractivity (Wildman–Crippen MR) is 171 cm³/mol. The van der Waals surface area contributed by atoms with Gasteiger partial charge >= 0.3 is 0 Å². The van der Waals surface area contributed by atoms with E-state index in [1.807, 2.05) is 0 Å². The zero-order valence-electron chi connectivity index (χ0n) is 23.5. The van der Waals surface area contributed by atoms with Gasteiger partial charge in [-0.15, -0.1) is 12.4 Å². The van der Waals surface area contributed by atoms with Crippen LogP contribution in [0.2, 0.25) is 0 Å². The van der Waals surface area contributed by atoms with Crippen molar-refractivity contribution in [2.24, 2.45) is 0 Å². The average molecular weight is 602 g/mol. The number of nitrogens with zero attached hydrogens (tertiary/aromatic N) is 5. The molecule has 1 aliphatic heterocycles. The van der Waals surface area contributed by atoms with Crippen LogP contribution in [-0.2, 0) is 4.79 Å². The van der Waals surface area contributed by atoms with Crippen molar-refractivity contribution in [2.45, 2.75) is 63.7 Å². The lowest BCUT2D eigenvalue weighted by atomic mass is 9.89. The van der Waals surface area contributed by atoms with Crippen molar-refractivity contribution >= 4 is 47.5 Å². The molecule has 3 heterocycles. The molecule has 1 aliphatic carbocycles. The van der Waals surface area contributed by atoms with Crippen LogP contribution in [0.3, 0.4) is 0 Å². The second-order valence-corrected chi connectivity index (χ2v) is 9.44. The van der Waals surface area contributed by atoms with Gasteiger partial charge in [-0.05, 0) is 56.4 Å². The number of nitrogens with one attached hydrogen (secondary N) is 2. The standard InChI is InChI=1S/C26H31N7O3.ClH.4H3N.4H2/c34-21(17-23(35)28-22-13-16-36-32-22)18-9-11-20(12-10-18)27-25-29-24(19-7-3-1-4-8-19)30-26(31-25)33-14-5-2-6-15-33;;;;;;;;;/h9-13,16,19H,1-8,14-15,17H2,(H,28,32,35)(H,27,29,30,31);1H;4*1H3;4*1H. The fourth-order valence-electron chi connectivity index (χ4n) is 4.80. The lowest BCUT2D eigenvalue weighted by molar-refractivity contribution is -0.115. The third kappa shape index (κ3) is 10.0. The van der Waals surface area contributed by atoms with Crippen molar-refractivity contribution in [1.82, 2.24) is 44.7 Å². The molecule has 3 aromatic rings. The molecule has 2 aromatic heterocycles. The van der Waals surface area contributed by atoms with E-state index in [0.29, 0.717) is 17.4 Å². The molecule has 1 saturated carbocycles. The summed E-state index contributed by atoms with van der Waals surface area (Å²) < 4.78 is 4.68. The highest BCUT2D eigenvalue weighted by Gasteiger charge is 2.23. The maximum Gasteiger partial charge on any atom is 0.233 e. The number of carbonyl (C=O) groups is 2. The van der Waals surface area contributed by atoms with Crippen molar-refractivity contribution in [3.8, 4) is 0 Å². The van der Waals surface area contributed by atoms with Crippen LogP contribution in [0.1, 0.15) is 85.6 Å². The zero-order chi connectivity index (χ0) is 24.7. The second-order valence-electron chi connectivity index (χ2n) is 9.44. The fraction of sp³-hybridized carbons (Fsp3) is 0.462. The van der Waals surface area contributed by atoms with Crippen LogP contribution >= 0.6 is 12.4 Å². The van der Waals surface area contributed by atoms with E-state index >= 15 is 0 Å². The number of Topliss-reactive ketones (excluding diaryl/α,β-unsaturated/α-hetero) is 1. The molecule has 41 heavy (non-hydrogen) atoms. The van der Waals surface area contributed by atoms with Gasteiger partial charge in [0, 0.05) is 42.0 Å². The highest BCUT2D eigenvalue weighted by Crippen LogP contribution is 2.32. The van der Waals surface area contributed by atoms with E-state index in [9.17, 15) is 9.59 Å². The number of piperidine rings is 1. The van der Waals surface area contributed by atoms with Gasteiger partial charge in [-0.3, -0.25) is 9.59 Å². The molecule has 14 N–H and O–H groups in total. The van der Waals surface area contributed by atoms with Gasteiger partial charge in [-0.25, -0.2) is 0 Å². The maximum atomic E-state index is 12.5. The van der Waals surface area contributed by atoms with Crippen LogP contribution in [0.4, 0.5) is 23.4 Å². The van der Waals surface area contributed by atoms with E-state index in [4.69, 9.17) is 15.0 Å². The minimum atomic E-state index is -0.443. The number of hydrogen-bond acceptors (Lipinski definition) is 13. The molecule has 5 rings (SSSR count). The molecule has 0 spiro atoms. The Balaban J connectivity index is -0.000000593. The van der Waals surface area contributed by atoms with E-state index in [1.54, 1.807) is 24.3 Å². The van der Waals surface area contributed by atoms with Crippen LogP contribution in [0, 0.1) is 0 Å². The first-order valence-corrected chi connectivity index (χ1v) is 12.8. The van der Waals surface area contributed by atoms with Gasteiger partial charge in [-0.2, -0.15) is 15.0 Å². The fourth-order valence-corrected chi connectivity index (χ4v) is 4.80. The van der Waals surface area contributed by atoms with Gasteiger partial charge in [-0.1, -0.05) is 24.4 Å². The van der Waals surface area contributed by atoms with E-state index in [1.165, 1.54) is 38.0 Å². The summed E-state index contributed by atoms with van der Waals surface area (Å²) in [5.41, 5.74) is 1.22. The summed E-state index contributed by atoms with van der Waals surface area (Å²) in [7, 11) is 0. The molecule has 0 unspecified atom stereocenters. The molecule has 2 fully saturated rings. The molecule has 1 amide bonds. The van der Waals surface area contributed by atoms with Crippen molar-refractivity contribution in [3.63, 3.8) is 0 Å².